The zero-order valence-electron chi connectivity index (χ0n) is 14.6. The number of amides is 1. The molecule has 8 heteroatoms. The first-order valence-corrected chi connectivity index (χ1v) is 9.08. The third kappa shape index (κ3) is 4.16. The molecule has 1 N–H and O–H groups in total. The molecule has 27 heavy (non-hydrogen) atoms. The van der Waals surface area contributed by atoms with Crippen LogP contribution in [0.1, 0.15) is 30.8 Å². The number of aromatic nitrogens is 2. The van der Waals surface area contributed by atoms with E-state index in [0.29, 0.717) is 22.3 Å². The number of fused-ring (bicyclic) bond motifs is 1. The van der Waals surface area contributed by atoms with Gasteiger partial charge in [-0.05, 0) is 43.3 Å². The normalized spacial score (nSPS) is 12.3. The smallest absolute Gasteiger partial charge is 0.321 e. The quantitative estimate of drug-likeness (QED) is 0.488. The van der Waals surface area contributed by atoms with Crippen LogP contribution < -0.4 is 5.32 Å². The number of nitrogens with one attached hydrogen (secondary N) is 1. The Morgan fingerprint density at radius 2 is 1.78 bits per heavy atom. The van der Waals surface area contributed by atoms with Crippen molar-refractivity contribution in [2.75, 3.05) is 5.32 Å². The summed E-state index contributed by atoms with van der Waals surface area (Å²) in [6.45, 7) is 0.302. The second-order valence-corrected chi connectivity index (χ2v) is 7.22. The number of rotatable bonds is 6. The monoisotopic (exact) mass is 389 g/mol. The van der Waals surface area contributed by atoms with E-state index in [0.717, 1.165) is 16.3 Å². The lowest BCUT2D eigenvalue weighted by Gasteiger charge is -2.12. The maximum Gasteiger partial charge on any atom is 0.321 e. The summed E-state index contributed by atoms with van der Waals surface area (Å²) < 4.78 is 27.8. The van der Waals surface area contributed by atoms with Crippen LogP contribution in [0.3, 0.4) is 0 Å². The van der Waals surface area contributed by atoms with Gasteiger partial charge in [-0.2, -0.15) is 8.78 Å². The van der Waals surface area contributed by atoms with Crippen molar-refractivity contribution in [2.45, 2.75) is 30.8 Å². The molecule has 1 aromatic heterocycles. The summed E-state index contributed by atoms with van der Waals surface area (Å²) in [7, 11) is 0. The molecule has 0 aliphatic carbocycles. The van der Waals surface area contributed by atoms with Gasteiger partial charge in [0.1, 0.15) is 0 Å². The number of hydrogen-bond acceptors (Lipinski definition) is 4. The number of ketones is 1. The third-order valence-corrected chi connectivity index (χ3v) is 4.97. The Labute approximate surface area is 158 Å². The zero-order valence-corrected chi connectivity index (χ0v) is 15.5. The molecule has 0 radical (unpaired) electrons. The van der Waals surface area contributed by atoms with E-state index in [-0.39, 0.29) is 16.8 Å². The number of carbonyl (C=O) groups excluding carboxylic acids is 2. The van der Waals surface area contributed by atoms with Gasteiger partial charge in [-0.15, -0.1) is 0 Å². The lowest BCUT2D eigenvalue weighted by Crippen LogP contribution is -2.15. The van der Waals surface area contributed by atoms with Crippen LogP contribution in [0.2, 0.25) is 0 Å². The maximum atomic E-state index is 13.5. The number of Topliss-reactive ketones (excluding diaryl/α,β-unsaturated/α-hetero) is 1. The lowest BCUT2D eigenvalue weighted by atomic mass is 10.1. The van der Waals surface area contributed by atoms with E-state index in [1.165, 1.54) is 6.92 Å². The molecule has 0 unspecified atom stereocenters. The minimum Gasteiger partial charge on any atom is -0.326 e. The fraction of sp³-hybridized carbons (Fsp3) is 0.211. The minimum absolute atomic E-state index is 0.0990. The van der Waals surface area contributed by atoms with Crippen LogP contribution in [0.5, 0.6) is 0 Å². The molecule has 0 aliphatic heterocycles. The number of carbonyl (C=O) groups is 2. The SMILES string of the molecule is CC(=O)Nc1ccc(C(=O)[C@@H](C)Sc2nc3ccccc3n2C(F)F)cc1. The summed E-state index contributed by atoms with van der Waals surface area (Å²) in [6.07, 6.45) is 0. The van der Waals surface area contributed by atoms with Crippen molar-refractivity contribution in [1.29, 1.82) is 0 Å². The van der Waals surface area contributed by atoms with Crippen LogP contribution in [-0.2, 0) is 4.79 Å². The highest BCUT2D eigenvalue weighted by Gasteiger charge is 2.23. The molecule has 0 aliphatic rings. The lowest BCUT2D eigenvalue weighted by molar-refractivity contribution is -0.114. The maximum absolute atomic E-state index is 13.5. The van der Waals surface area contributed by atoms with Crippen LogP contribution in [0.25, 0.3) is 11.0 Å². The topological polar surface area (TPSA) is 64.0 Å². The van der Waals surface area contributed by atoms with Crippen molar-refractivity contribution in [3.63, 3.8) is 0 Å². The van der Waals surface area contributed by atoms with Crippen molar-refractivity contribution < 1.29 is 18.4 Å². The first-order valence-electron chi connectivity index (χ1n) is 8.20. The summed E-state index contributed by atoms with van der Waals surface area (Å²) in [4.78, 5) is 27.9. The Morgan fingerprint density at radius 1 is 1.11 bits per heavy atom. The molecule has 1 amide bonds. The van der Waals surface area contributed by atoms with E-state index in [4.69, 9.17) is 0 Å². The van der Waals surface area contributed by atoms with Crippen LogP contribution >= 0.6 is 11.8 Å². The molecule has 0 saturated carbocycles. The second-order valence-electron chi connectivity index (χ2n) is 5.91. The van der Waals surface area contributed by atoms with E-state index in [1.807, 2.05) is 0 Å². The number of para-hydroxylation sites is 2. The standard InChI is InChI=1S/C19H17F2N3O2S/c1-11(17(26)13-7-9-14(10-8-13)22-12(2)25)27-19-23-15-5-3-4-6-16(15)24(19)18(20)21/h3-11,18H,1-2H3,(H,22,25)/t11-/m1/s1. The van der Waals surface area contributed by atoms with Crippen molar-refractivity contribution >= 4 is 40.2 Å². The average molecular weight is 389 g/mol. The highest BCUT2D eigenvalue weighted by molar-refractivity contribution is 8.00. The predicted molar refractivity (Wildman–Crippen MR) is 101 cm³/mol. The Hall–Kier alpha value is -2.74. The molecule has 5 nitrogen and oxygen atoms in total. The molecule has 1 heterocycles. The van der Waals surface area contributed by atoms with Crippen LogP contribution in [0.4, 0.5) is 14.5 Å². The first-order chi connectivity index (χ1) is 12.9. The van der Waals surface area contributed by atoms with Crippen molar-refractivity contribution in [2.24, 2.45) is 0 Å². The van der Waals surface area contributed by atoms with Gasteiger partial charge < -0.3 is 5.32 Å². The molecule has 0 bridgehead atoms. The summed E-state index contributed by atoms with van der Waals surface area (Å²) >= 11 is 0.995. The van der Waals surface area contributed by atoms with E-state index >= 15 is 0 Å². The van der Waals surface area contributed by atoms with Gasteiger partial charge in [0, 0.05) is 18.2 Å². The number of benzene rings is 2. The molecule has 3 rings (SSSR count). The van der Waals surface area contributed by atoms with Crippen molar-refractivity contribution in [3.05, 3.63) is 54.1 Å². The Kier molecular flexibility index (Phi) is 5.55. The fourth-order valence-electron chi connectivity index (χ4n) is 2.66. The number of imidazole rings is 1. The van der Waals surface area contributed by atoms with Crippen LogP contribution in [0.15, 0.2) is 53.7 Å². The summed E-state index contributed by atoms with van der Waals surface area (Å²) in [6, 6.07) is 13.1. The molecule has 3 aromatic rings. The Morgan fingerprint density at radius 3 is 2.41 bits per heavy atom. The van der Waals surface area contributed by atoms with Gasteiger partial charge in [-0.3, -0.25) is 14.2 Å². The van der Waals surface area contributed by atoms with Crippen LogP contribution in [0, 0.1) is 0 Å². The van der Waals surface area contributed by atoms with Gasteiger partial charge in [0.2, 0.25) is 5.91 Å². The van der Waals surface area contributed by atoms with E-state index in [9.17, 15) is 18.4 Å². The van der Waals surface area contributed by atoms with E-state index in [1.54, 1.807) is 55.5 Å². The summed E-state index contributed by atoms with van der Waals surface area (Å²) in [5.74, 6) is -0.411. The molecular formula is C19H17F2N3O2S. The predicted octanol–water partition coefficient (Wildman–Crippen LogP) is 4.75. The highest BCUT2D eigenvalue weighted by atomic mass is 32.2. The Bertz CT molecular complexity index is 986. The molecule has 0 saturated heterocycles. The number of alkyl halides is 2. The number of halogens is 2. The molecule has 0 spiro atoms. The highest BCUT2D eigenvalue weighted by Crippen LogP contribution is 2.32. The second kappa shape index (κ2) is 7.87. The van der Waals surface area contributed by atoms with Gasteiger partial charge in [0.25, 0.3) is 0 Å². The summed E-state index contributed by atoms with van der Waals surface area (Å²) in [5.41, 5.74) is 1.80. The Balaban J connectivity index is 1.81. The minimum atomic E-state index is -2.75. The molecule has 140 valence electrons. The molecule has 0 fully saturated rings. The first kappa shape index (κ1) is 19.0. The van der Waals surface area contributed by atoms with E-state index in [2.05, 4.69) is 10.3 Å². The van der Waals surface area contributed by atoms with Gasteiger partial charge >= 0.3 is 6.55 Å². The largest absolute Gasteiger partial charge is 0.326 e. The van der Waals surface area contributed by atoms with Gasteiger partial charge in [-0.1, -0.05) is 23.9 Å². The molecule has 2 aromatic carbocycles. The van der Waals surface area contributed by atoms with Crippen molar-refractivity contribution in [1.82, 2.24) is 9.55 Å². The zero-order chi connectivity index (χ0) is 19.6. The number of anilines is 1. The van der Waals surface area contributed by atoms with Gasteiger partial charge in [-0.25, -0.2) is 4.98 Å². The number of nitrogens with zero attached hydrogens (tertiary/aromatic N) is 2. The average Bonchev–Trinajstić information content (AvgIpc) is 2.99. The van der Waals surface area contributed by atoms with E-state index < -0.39 is 11.8 Å². The summed E-state index contributed by atoms with van der Waals surface area (Å²) in [5, 5.41) is 2.12. The molecule has 1 atom stereocenters. The molecular weight excluding hydrogens is 372 g/mol. The third-order valence-electron chi connectivity index (χ3n) is 3.90. The van der Waals surface area contributed by atoms with Crippen molar-refractivity contribution in [3.8, 4) is 0 Å². The number of hydrogen-bond donors (Lipinski definition) is 1. The fourth-order valence-corrected chi connectivity index (χ4v) is 3.66. The van der Waals surface area contributed by atoms with Crippen LogP contribution in [-0.4, -0.2) is 26.5 Å². The van der Waals surface area contributed by atoms with Gasteiger partial charge in [0.15, 0.2) is 10.9 Å². The van der Waals surface area contributed by atoms with Gasteiger partial charge in [0.05, 0.1) is 16.3 Å². The number of thioether (sulfide) groups is 1.